The molecule has 288 valence electrons. The van der Waals surface area contributed by atoms with Gasteiger partial charge in [-0.15, -0.1) is 12.4 Å². The summed E-state index contributed by atoms with van der Waals surface area (Å²) < 4.78 is 80.0. The van der Waals surface area contributed by atoms with Crippen molar-refractivity contribution in [1.82, 2.24) is 24.9 Å². The molecular weight excluding hydrogens is 714 g/mol. The molecular formula is C36H47ClF6N6O3. The standard InChI is InChI=1S/C18H22F3N3O.C10H17N.C8H7F3N2O2.ClH/c19-18(20,21)16-14(8-22-24(16)13-1-2-13)17(25)23-15-11-4-9-3-10(6-11)7-12(15)5-9;11-10-8-2-6-1-7(4-8)5-9(10)3-6;9-8(10,11)6-5(7(14)15)3-12-13(6)4-1-2-4;/h8-13,15H,1-7H2,(H,23,25);6-10H,1-5,11H2;3-4H,1-2H2,(H,14,15);1H. The number of nitrogens with zero attached hydrogens (tertiary/aromatic N) is 4. The van der Waals surface area contributed by atoms with Crippen LogP contribution in [0.1, 0.15) is 134 Å². The third-order valence-corrected chi connectivity index (χ3v) is 13.2. The van der Waals surface area contributed by atoms with E-state index in [0.29, 0.717) is 43.6 Å². The number of nitrogens with one attached hydrogen (secondary N) is 1. The molecule has 16 heteroatoms. The molecule has 10 aliphatic carbocycles. The molecule has 0 saturated heterocycles. The predicted octanol–water partition coefficient (Wildman–Crippen LogP) is 7.92. The predicted molar refractivity (Wildman–Crippen MR) is 179 cm³/mol. The molecule has 0 radical (unpaired) electrons. The molecule has 0 aliphatic heterocycles. The summed E-state index contributed by atoms with van der Waals surface area (Å²) in [5.41, 5.74) is 3.04. The summed E-state index contributed by atoms with van der Waals surface area (Å²) >= 11 is 0. The van der Waals surface area contributed by atoms with Crippen LogP contribution in [0.4, 0.5) is 26.3 Å². The SMILES string of the molecule is Cl.NC1C2CC3CC(C2)CC1C3.O=C(NC1C2CC3CC(C2)CC1C3)c1cnn(C2CC2)c1C(F)(F)F.O=C(O)c1cnn(C2CC2)c1C(F)(F)F. The van der Waals surface area contributed by atoms with E-state index in [1.807, 2.05) is 0 Å². The lowest BCUT2D eigenvalue weighted by atomic mass is 9.54. The van der Waals surface area contributed by atoms with Gasteiger partial charge in [-0.05, 0) is 137 Å². The summed E-state index contributed by atoms with van der Waals surface area (Å²) in [5, 5.41) is 18.9. The van der Waals surface area contributed by atoms with Gasteiger partial charge in [-0.3, -0.25) is 14.2 Å². The van der Waals surface area contributed by atoms with Crippen LogP contribution in [-0.2, 0) is 12.4 Å². The van der Waals surface area contributed by atoms with Crippen LogP contribution in [-0.4, -0.2) is 48.6 Å². The number of amides is 1. The van der Waals surface area contributed by atoms with Gasteiger partial charge in [0.2, 0.25) is 0 Å². The minimum atomic E-state index is -4.67. The Morgan fingerprint density at radius 1 is 0.654 bits per heavy atom. The van der Waals surface area contributed by atoms with Crippen LogP contribution in [0, 0.1) is 47.3 Å². The summed E-state index contributed by atoms with van der Waals surface area (Å²) in [5.74, 6) is 4.21. The second-order valence-corrected chi connectivity index (χ2v) is 16.9. The van der Waals surface area contributed by atoms with E-state index in [2.05, 4.69) is 15.5 Å². The lowest BCUT2D eigenvalue weighted by molar-refractivity contribution is -0.145. The number of aromatic carboxylic acids is 1. The van der Waals surface area contributed by atoms with Crippen molar-refractivity contribution < 1.29 is 41.0 Å². The topological polar surface area (TPSA) is 128 Å². The highest BCUT2D eigenvalue weighted by atomic mass is 35.5. The van der Waals surface area contributed by atoms with Crippen molar-refractivity contribution >= 4 is 24.3 Å². The van der Waals surface area contributed by atoms with E-state index in [4.69, 9.17) is 10.8 Å². The summed E-state index contributed by atoms with van der Waals surface area (Å²) in [6.07, 6.45) is 8.42. The molecule has 10 saturated carbocycles. The molecule has 2 aromatic rings. The smallest absolute Gasteiger partial charge is 0.433 e. The zero-order valence-electron chi connectivity index (χ0n) is 28.8. The lowest BCUT2D eigenvalue weighted by Crippen LogP contribution is -2.55. The largest absolute Gasteiger partial charge is 0.478 e. The molecule has 8 bridgehead atoms. The van der Waals surface area contributed by atoms with Crippen LogP contribution in [0.3, 0.4) is 0 Å². The lowest BCUT2D eigenvalue weighted by Gasteiger charge is -2.54. The number of hydrogen-bond donors (Lipinski definition) is 3. The van der Waals surface area contributed by atoms with Crippen LogP contribution in [0.25, 0.3) is 0 Å². The average molecular weight is 761 g/mol. The first-order valence-corrected chi connectivity index (χ1v) is 18.7. The molecule has 0 unspecified atom stereocenters. The number of carboxylic acid groups (broad SMARTS) is 1. The molecule has 0 spiro atoms. The number of aromatic nitrogens is 4. The van der Waals surface area contributed by atoms with E-state index in [9.17, 15) is 35.9 Å². The zero-order chi connectivity index (χ0) is 36.0. The fourth-order valence-corrected chi connectivity index (χ4v) is 11.2. The Kier molecular flexibility index (Phi) is 9.95. The van der Waals surface area contributed by atoms with Gasteiger partial charge in [-0.25, -0.2) is 4.79 Å². The summed E-state index contributed by atoms with van der Waals surface area (Å²) in [6, 6.07) is 0.113. The van der Waals surface area contributed by atoms with Crippen molar-refractivity contribution in [3.05, 3.63) is 34.9 Å². The van der Waals surface area contributed by atoms with Crippen LogP contribution in [0.15, 0.2) is 12.4 Å². The summed E-state index contributed by atoms with van der Waals surface area (Å²) in [6.45, 7) is 0. The second kappa shape index (κ2) is 13.8. The van der Waals surface area contributed by atoms with Gasteiger partial charge in [0.1, 0.15) is 5.56 Å². The number of nitrogens with two attached hydrogens (primary N) is 1. The van der Waals surface area contributed by atoms with Crippen molar-refractivity contribution in [2.75, 3.05) is 0 Å². The highest BCUT2D eigenvalue weighted by molar-refractivity contribution is 5.95. The second-order valence-electron chi connectivity index (χ2n) is 16.9. The molecule has 1 amide bonds. The quantitative estimate of drug-likeness (QED) is 0.266. The van der Waals surface area contributed by atoms with Crippen LogP contribution in [0.5, 0.6) is 0 Å². The molecule has 10 fully saturated rings. The number of rotatable bonds is 5. The first-order valence-electron chi connectivity index (χ1n) is 18.7. The van der Waals surface area contributed by atoms with Crippen LogP contribution in [0.2, 0.25) is 0 Å². The van der Waals surface area contributed by atoms with Gasteiger partial charge in [0.05, 0.1) is 30.0 Å². The maximum Gasteiger partial charge on any atom is 0.433 e. The normalized spacial score (nSPS) is 35.2. The first-order chi connectivity index (χ1) is 24.1. The average Bonchev–Trinajstić information content (AvgIpc) is 3.98. The summed E-state index contributed by atoms with van der Waals surface area (Å²) in [7, 11) is 0. The van der Waals surface area contributed by atoms with Gasteiger partial charge in [-0.1, -0.05) is 0 Å². The Bertz CT molecular complexity index is 1590. The molecule has 2 heterocycles. The van der Waals surface area contributed by atoms with Gasteiger partial charge in [0.25, 0.3) is 5.91 Å². The zero-order valence-corrected chi connectivity index (χ0v) is 29.6. The third-order valence-electron chi connectivity index (χ3n) is 13.2. The van der Waals surface area contributed by atoms with Crippen molar-refractivity contribution in [3.63, 3.8) is 0 Å². The maximum absolute atomic E-state index is 13.5. The molecule has 0 atom stereocenters. The van der Waals surface area contributed by atoms with Gasteiger partial charge >= 0.3 is 18.3 Å². The molecule has 2 aromatic heterocycles. The number of carbonyl (C=O) groups is 2. The van der Waals surface area contributed by atoms with Crippen molar-refractivity contribution in [3.8, 4) is 0 Å². The van der Waals surface area contributed by atoms with E-state index in [1.54, 1.807) is 6.42 Å². The monoisotopic (exact) mass is 760 g/mol. The number of carboxylic acids is 1. The van der Waals surface area contributed by atoms with Crippen molar-refractivity contribution in [2.24, 2.45) is 53.1 Å². The Hall–Kier alpha value is -2.81. The Morgan fingerprint density at radius 3 is 1.38 bits per heavy atom. The van der Waals surface area contributed by atoms with Crippen LogP contribution >= 0.6 is 12.4 Å². The molecule has 0 aromatic carbocycles. The van der Waals surface area contributed by atoms with E-state index in [1.165, 1.54) is 32.1 Å². The number of hydrogen-bond acceptors (Lipinski definition) is 5. The molecule has 10 aliphatic rings. The first kappa shape index (κ1) is 37.5. The fraction of sp³-hybridized carbons (Fsp3) is 0.778. The minimum Gasteiger partial charge on any atom is -0.478 e. The Morgan fingerprint density at radius 2 is 1.02 bits per heavy atom. The van der Waals surface area contributed by atoms with Crippen molar-refractivity contribution in [1.29, 1.82) is 0 Å². The molecule has 4 N–H and O–H groups in total. The van der Waals surface area contributed by atoms with Crippen molar-refractivity contribution in [2.45, 2.75) is 126 Å². The van der Waals surface area contributed by atoms with Gasteiger partial charge in [0.15, 0.2) is 11.4 Å². The Labute approximate surface area is 304 Å². The highest BCUT2D eigenvalue weighted by Crippen LogP contribution is 2.54. The van der Waals surface area contributed by atoms with Gasteiger partial charge < -0.3 is 16.2 Å². The number of carbonyl (C=O) groups excluding carboxylic acids is 1. The van der Waals surface area contributed by atoms with E-state index >= 15 is 0 Å². The minimum absolute atomic E-state index is 0. The van der Waals surface area contributed by atoms with Gasteiger partial charge in [0, 0.05) is 12.1 Å². The molecule has 9 nitrogen and oxygen atoms in total. The van der Waals surface area contributed by atoms with E-state index in [0.717, 1.165) is 82.9 Å². The molecule has 12 rings (SSSR count). The highest BCUT2D eigenvalue weighted by Gasteiger charge is 2.50. The maximum atomic E-state index is 13.5. The number of alkyl halides is 6. The number of halogens is 7. The molecule has 52 heavy (non-hydrogen) atoms. The Balaban J connectivity index is 0.000000132. The van der Waals surface area contributed by atoms with E-state index in [-0.39, 0.29) is 36.1 Å². The fourth-order valence-electron chi connectivity index (χ4n) is 11.2. The van der Waals surface area contributed by atoms with Gasteiger partial charge in [-0.2, -0.15) is 36.5 Å². The van der Waals surface area contributed by atoms with E-state index < -0.39 is 41.2 Å². The third kappa shape index (κ3) is 7.33. The summed E-state index contributed by atoms with van der Waals surface area (Å²) in [4.78, 5) is 23.3. The van der Waals surface area contributed by atoms with Crippen LogP contribution < -0.4 is 11.1 Å².